The molecule has 7 nitrogen and oxygen atoms in total. The molecule has 0 spiro atoms. The molecule has 1 heterocycles. The van der Waals surface area contributed by atoms with Gasteiger partial charge in [0.25, 0.3) is 5.91 Å². The Kier molecular flexibility index (Phi) is 5.65. The largest absolute Gasteiger partial charge is 0.419 e. The number of benzene rings is 2. The van der Waals surface area contributed by atoms with Gasteiger partial charge in [-0.05, 0) is 24.3 Å². The normalized spacial score (nSPS) is 10.7. The summed E-state index contributed by atoms with van der Waals surface area (Å²) in [6.45, 7) is 0.539. The number of rotatable bonds is 7. The van der Waals surface area contributed by atoms with Crippen LogP contribution in [0.15, 0.2) is 57.7 Å². The molecule has 27 heavy (non-hydrogen) atoms. The summed E-state index contributed by atoms with van der Waals surface area (Å²) in [6, 6.07) is 12.6. The van der Waals surface area contributed by atoms with Crippen molar-refractivity contribution < 1.29 is 18.4 Å². The first-order valence-electron chi connectivity index (χ1n) is 8.44. The Morgan fingerprint density at radius 1 is 1.00 bits per heavy atom. The molecule has 0 radical (unpaired) electrons. The summed E-state index contributed by atoms with van der Waals surface area (Å²) in [5.41, 5.74) is 1.06. The number of para-hydroxylation sites is 2. The van der Waals surface area contributed by atoms with Crippen molar-refractivity contribution >= 4 is 22.9 Å². The molecule has 0 aliphatic rings. The van der Waals surface area contributed by atoms with Crippen molar-refractivity contribution in [2.45, 2.75) is 13.0 Å². The zero-order chi connectivity index (χ0) is 19.2. The Hall–Kier alpha value is -3.42. The van der Waals surface area contributed by atoms with E-state index in [2.05, 4.69) is 10.6 Å². The fourth-order valence-corrected chi connectivity index (χ4v) is 2.65. The van der Waals surface area contributed by atoms with Gasteiger partial charge in [-0.3, -0.25) is 14.2 Å². The summed E-state index contributed by atoms with van der Waals surface area (Å²) in [5, 5.41) is 5.17. The number of carbonyl (C=O) groups is 2. The number of hydrogen-bond donors (Lipinski definition) is 2. The second-order valence-corrected chi connectivity index (χ2v) is 5.82. The highest BCUT2D eigenvalue weighted by Crippen LogP contribution is 2.11. The summed E-state index contributed by atoms with van der Waals surface area (Å²) in [5.74, 6) is -1.93. The molecule has 140 valence electrons. The SMILES string of the molecule is O=C(CCn1c(=O)oc2ccccc21)NCCNC(=O)c1ccccc1F. The Balaban J connectivity index is 1.44. The second-order valence-electron chi connectivity index (χ2n) is 5.82. The van der Waals surface area contributed by atoms with E-state index in [-0.39, 0.29) is 37.5 Å². The number of amides is 2. The number of halogens is 1. The highest BCUT2D eigenvalue weighted by atomic mass is 19.1. The van der Waals surface area contributed by atoms with E-state index in [1.807, 2.05) is 0 Å². The Morgan fingerprint density at radius 2 is 1.70 bits per heavy atom. The second kappa shape index (κ2) is 8.31. The smallest absolute Gasteiger partial charge is 0.408 e. The van der Waals surface area contributed by atoms with Gasteiger partial charge >= 0.3 is 5.76 Å². The fourth-order valence-electron chi connectivity index (χ4n) is 2.65. The molecule has 2 N–H and O–H groups in total. The Bertz CT molecular complexity index is 1020. The lowest BCUT2D eigenvalue weighted by molar-refractivity contribution is -0.121. The van der Waals surface area contributed by atoms with E-state index >= 15 is 0 Å². The van der Waals surface area contributed by atoms with E-state index in [1.54, 1.807) is 30.3 Å². The number of hydrogen-bond acceptors (Lipinski definition) is 4. The fraction of sp³-hybridized carbons (Fsp3) is 0.211. The number of aromatic nitrogens is 1. The van der Waals surface area contributed by atoms with Crippen molar-refractivity contribution in [1.82, 2.24) is 15.2 Å². The summed E-state index contributed by atoms with van der Waals surface area (Å²) in [7, 11) is 0. The third kappa shape index (κ3) is 4.41. The predicted molar refractivity (Wildman–Crippen MR) is 96.8 cm³/mol. The van der Waals surface area contributed by atoms with Gasteiger partial charge in [-0.15, -0.1) is 0 Å². The van der Waals surface area contributed by atoms with Gasteiger partial charge in [-0.25, -0.2) is 9.18 Å². The molecule has 0 bridgehead atoms. The van der Waals surface area contributed by atoms with Gasteiger partial charge in [0.15, 0.2) is 5.58 Å². The third-order valence-electron chi connectivity index (χ3n) is 3.99. The molecule has 3 rings (SSSR count). The summed E-state index contributed by atoms with van der Waals surface area (Å²) in [6.07, 6.45) is 0.0880. The summed E-state index contributed by atoms with van der Waals surface area (Å²) < 4.78 is 20.0. The summed E-state index contributed by atoms with van der Waals surface area (Å²) >= 11 is 0. The predicted octanol–water partition coefficient (Wildman–Crippen LogP) is 1.67. The molecule has 2 aromatic carbocycles. The number of nitrogens with zero attached hydrogens (tertiary/aromatic N) is 1. The van der Waals surface area contributed by atoms with E-state index in [0.717, 1.165) is 0 Å². The van der Waals surface area contributed by atoms with E-state index in [1.165, 1.54) is 22.8 Å². The van der Waals surface area contributed by atoms with Crippen molar-refractivity contribution in [1.29, 1.82) is 0 Å². The zero-order valence-electron chi connectivity index (χ0n) is 14.4. The van der Waals surface area contributed by atoms with E-state index in [4.69, 9.17) is 4.42 Å². The molecule has 2 amide bonds. The minimum Gasteiger partial charge on any atom is -0.408 e. The van der Waals surface area contributed by atoms with Crippen LogP contribution in [-0.2, 0) is 11.3 Å². The van der Waals surface area contributed by atoms with Crippen LogP contribution >= 0.6 is 0 Å². The standard InChI is InChI=1S/C19H18FN3O4/c20-14-6-2-1-5-13(14)18(25)22-11-10-21-17(24)9-12-23-15-7-3-4-8-16(15)27-19(23)26/h1-8H,9-12H2,(H,21,24)(H,22,25). The van der Waals surface area contributed by atoms with Gasteiger partial charge < -0.3 is 15.1 Å². The van der Waals surface area contributed by atoms with Crippen LogP contribution in [0.1, 0.15) is 16.8 Å². The number of oxazole rings is 1. The van der Waals surface area contributed by atoms with Gasteiger partial charge in [0.05, 0.1) is 11.1 Å². The van der Waals surface area contributed by atoms with Gasteiger partial charge in [0.1, 0.15) is 5.82 Å². The first-order valence-corrected chi connectivity index (χ1v) is 8.44. The van der Waals surface area contributed by atoms with Crippen LogP contribution in [0.2, 0.25) is 0 Å². The quantitative estimate of drug-likeness (QED) is 0.618. The molecular formula is C19H18FN3O4. The van der Waals surface area contributed by atoms with Crippen LogP contribution in [0.5, 0.6) is 0 Å². The van der Waals surface area contributed by atoms with Crippen molar-refractivity contribution in [2.75, 3.05) is 13.1 Å². The lowest BCUT2D eigenvalue weighted by Gasteiger charge is -2.08. The van der Waals surface area contributed by atoms with E-state index in [9.17, 15) is 18.8 Å². The first kappa shape index (κ1) is 18.4. The van der Waals surface area contributed by atoms with Crippen molar-refractivity contribution in [2.24, 2.45) is 0 Å². The lowest BCUT2D eigenvalue weighted by atomic mass is 10.2. The average molecular weight is 371 g/mol. The molecule has 3 aromatic rings. The molecule has 0 fully saturated rings. The lowest BCUT2D eigenvalue weighted by Crippen LogP contribution is -2.35. The molecular weight excluding hydrogens is 353 g/mol. The van der Waals surface area contributed by atoms with Crippen molar-refractivity contribution in [3.05, 3.63) is 70.5 Å². The van der Waals surface area contributed by atoms with Crippen LogP contribution in [0.4, 0.5) is 4.39 Å². The summed E-state index contributed by atoms with van der Waals surface area (Å²) in [4.78, 5) is 35.6. The Labute approximate surface area is 153 Å². The molecule has 0 saturated heterocycles. The maximum absolute atomic E-state index is 13.5. The van der Waals surface area contributed by atoms with Crippen LogP contribution in [-0.4, -0.2) is 29.5 Å². The number of nitrogens with one attached hydrogen (secondary N) is 2. The van der Waals surface area contributed by atoms with Crippen LogP contribution in [0, 0.1) is 5.82 Å². The van der Waals surface area contributed by atoms with Crippen LogP contribution < -0.4 is 16.4 Å². The van der Waals surface area contributed by atoms with Gasteiger partial charge in [0.2, 0.25) is 5.91 Å². The van der Waals surface area contributed by atoms with Crippen molar-refractivity contribution in [3.8, 4) is 0 Å². The van der Waals surface area contributed by atoms with Crippen LogP contribution in [0.3, 0.4) is 0 Å². The molecule has 0 saturated carbocycles. The maximum Gasteiger partial charge on any atom is 0.419 e. The molecule has 1 aromatic heterocycles. The van der Waals surface area contributed by atoms with E-state index < -0.39 is 17.5 Å². The minimum absolute atomic E-state index is 0.0463. The third-order valence-corrected chi connectivity index (χ3v) is 3.99. The number of carbonyl (C=O) groups excluding carboxylic acids is 2. The highest BCUT2D eigenvalue weighted by Gasteiger charge is 2.11. The first-order chi connectivity index (χ1) is 13.1. The topological polar surface area (TPSA) is 93.3 Å². The monoisotopic (exact) mass is 371 g/mol. The average Bonchev–Trinajstić information content (AvgIpc) is 2.99. The molecule has 0 aliphatic heterocycles. The number of fused-ring (bicyclic) bond motifs is 1. The van der Waals surface area contributed by atoms with Gasteiger partial charge in [-0.2, -0.15) is 0 Å². The van der Waals surface area contributed by atoms with Gasteiger partial charge in [0, 0.05) is 26.1 Å². The highest BCUT2D eigenvalue weighted by molar-refractivity contribution is 5.94. The van der Waals surface area contributed by atoms with Crippen LogP contribution in [0.25, 0.3) is 11.1 Å². The Morgan fingerprint density at radius 3 is 2.52 bits per heavy atom. The molecule has 0 atom stereocenters. The van der Waals surface area contributed by atoms with Gasteiger partial charge in [-0.1, -0.05) is 24.3 Å². The van der Waals surface area contributed by atoms with Crippen molar-refractivity contribution in [3.63, 3.8) is 0 Å². The molecule has 8 heteroatoms. The zero-order valence-corrected chi connectivity index (χ0v) is 14.4. The number of aryl methyl sites for hydroxylation is 1. The maximum atomic E-state index is 13.5. The molecule has 0 unspecified atom stereocenters. The molecule has 0 aliphatic carbocycles. The minimum atomic E-state index is -0.600. The van der Waals surface area contributed by atoms with E-state index in [0.29, 0.717) is 11.1 Å².